The van der Waals surface area contributed by atoms with E-state index in [-0.39, 0.29) is 12.1 Å². The molecule has 98 valence electrons. The van der Waals surface area contributed by atoms with Gasteiger partial charge in [0, 0.05) is 23.7 Å². The number of carbonyl (C=O) groups excluding carboxylic acids is 1. The summed E-state index contributed by atoms with van der Waals surface area (Å²) in [7, 11) is 0. The Balaban J connectivity index is 1.91. The molecule has 1 saturated heterocycles. The molecule has 1 aromatic rings. The van der Waals surface area contributed by atoms with Crippen molar-refractivity contribution >= 4 is 17.5 Å². The van der Waals surface area contributed by atoms with Gasteiger partial charge in [-0.05, 0) is 31.2 Å². The van der Waals surface area contributed by atoms with Gasteiger partial charge in [-0.1, -0.05) is 11.6 Å². The van der Waals surface area contributed by atoms with Gasteiger partial charge in [0.05, 0.1) is 19.4 Å². The molecule has 2 rings (SSSR count). The van der Waals surface area contributed by atoms with Gasteiger partial charge in [0.1, 0.15) is 0 Å². The summed E-state index contributed by atoms with van der Waals surface area (Å²) in [5, 5.41) is 3.61. The molecule has 1 fully saturated rings. The summed E-state index contributed by atoms with van der Waals surface area (Å²) in [6.07, 6.45) is 0.0112. The lowest BCUT2D eigenvalue weighted by atomic mass is 10.2. The van der Waals surface area contributed by atoms with Crippen LogP contribution in [0.15, 0.2) is 24.3 Å². The van der Waals surface area contributed by atoms with E-state index in [9.17, 15) is 4.79 Å². The molecule has 1 aromatic carbocycles. The van der Waals surface area contributed by atoms with Crippen molar-refractivity contribution in [2.24, 2.45) is 0 Å². The van der Waals surface area contributed by atoms with Crippen LogP contribution >= 0.6 is 11.6 Å². The minimum absolute atomic E-state index is 0.0112. The maximum atomic E-state index is 12.0. The number of morpholine rings is 1. The first kappa shape index (κ1) is 13.3. The Morgan fingerprint density at radius 2 is 1.94 bits per heavy atom. The molecule has 1 amide bonds. The fraction of sp³-hybridized carbons (Fsp3) is 0.462. The molecule has 1 N–H and O–H groups in total. The van der Waals surface area contributed by atoms with E-state index < -0.39 is 0 Å². The number of hydrogen-bond acceptors (Lipinski definition) is 3. The molecule has 4 nitrogen and oxygen atoms in total. The fourth-order valence-electron chi connectivity index (χ4n) is 1.93. The van der Waals surface area contributed by atoms with Crippen molar-refractivity contribution in [2.75, 3.05) is 26.3 Å². The van der Waals surface area contributed by atoms with Gasteiger partial charge in [-0.15, -0.1) is 0 Å². The zero-order valence-electron chi connectivity index (χ0n) is 10.4. The van der Waals surface area contributed by atoms with Gasteiger partial charge in [0.15, 0.2) is 0 Å². The third-order valence-corrected chi connectivity index (χ3v) is 3.29. The third kappa shape index (κ3) is 3.45. The first-order valence-electron chi connectivity index (χ1n) is 6.05. The van der Waals surface area contributed by atoms with Crippen LogP contribution in [0.1, 0.15) is 17.3 Å². The molecule has 1 unspecified atom stereocenters. The van der Waals surface area contributed by atoms with E-state index in [1.165, 1.54) is 0 Å². The van der Waals surface area contributed by atoms with E-state index in [0.29, 0.717) is 10.6 Å². The highest BCUT2D eigenvalue weighted by molar-refractivity contribution is 6.30. The van der Waals surface area contributed by atoms with E-state index >= 15 is 0 Å². The molecule has 0 aliphatic carbocycles. The maximum absolute atomic E-state index is 12.0. The lowest BCUT2D eigenvalue weighted by molar-refractivity contribution is 0.0133. The Kier molecular flexibility index (Phi) is 4.58. The van der Waals surface area contributed by atoms with Crippen molar-refractivity contribution in [3.63, 3.8) is 0 Å². The molecule has 0 aromatic heterocycles. The lowest BCUT2D eigenvalue weighted by Gasteiger charge is -2.32. The Morgan fingerprint density at radius 1 is 1.33 bits per heavy atom. The summed E-state index contributed by atoms with van der Waals surface area (Å²) >= 11 is 5.79. The number of halogens is 1. The minimum atomic E-state index is -0.0781. The average molecular weight is 269 g/mol. The topological polar surface area (TPSA) is 41.6 Å². The smallest absolute Gasteiger partial charge is 0.252 e. The van der Waals surface area contributed by atoms with Crippen molar-refractivity contribution in [3.8, 4) is 0 Å². The van der Waals surface area contributed by atoms with Crippen molar-refractivity contribution in [1.82, 2.24) is 10.2 Å². The number of carbonyl (C=O) groups is 1. The molecule has 1 atom stereocenters. The predicted octanol–water partition coefficient (Wildman–Crippen LogP) is 1.75. The number of nitrogens with one attached hydrogen (secondary N) is 1. The van der Waals surface area contributed by atoms with E-state index in [1.54, 1.807) is 24.3 Å². The summed E-state index contributed by atoms with van der Waals surface area (Å²) in [5.41, 5.74) is 0.625. The monoisotopic (exact) mass is 268 g/mol. The van der Waals surface area contributed by atoms with Crippen LogP contribution in [0.3, 0.4) is 0 Å². The molecule has 18 heavy (non-hydrogen) atoms. The van der Waals surface area contributed by atoms with Gasteiger partial charge in [0.25, 0.3) is 5.91 Å². The maximum Gasteiger partial charge on any atom is 0.252 e. The highest BCUT2D eigenvalue weighted by Crippen LogP contribution is 2.10. The highest BCUT2D eigenvalue weighted by atomic mass is 35.5. The number of nitrogens with zero attached hydrogens (tertiary/aromatic N) is 1. The van der Waals surface area contributed by atoms with Crippen LogP contribution in [0, 0.1) is 0 Å². The Bertz CT molecular complexity index is 402. The van der Waals surface area contributed by atoms with Crippen molar-refractivity contribution < 1.29 is 9.53 Å². The first-order valence-corrected chi connectivity index (χ1v) is 6.43. The second-order valence-corrected chi connectivity index (χ2v) is 4.74. The Labute approximate surface area is 112 Å². The van der Waals surface area contributed by atoms with E-state index in [2.05, 4.69) is 10.2 Å². The number of amides is 1. The fourth-order valence-corrected chi connectivity index (χ4v) is 2.06. The largest absolute Gasteiger partial charge is 0.379 e. The number of hydrogen-bond donors (Lipinski definition) is 1. The molecular weight excluding hydrogens is 252 g/mol. The Morgan fingerprint density at radius 3 is 2.56 bits per heavy atom. The van der Waals surface area contributed by atoms with Crippen LogP contribution in [0.2, 0.25) is 5.02 Å². The van der Waals surface area contributed by atoms with Crippen LogP contribution in [0.25, 0.3) is 0 Å². The van der Waals surface area contributed by atoms with E-state index in [1.807, 2.05) is 6.92 Å². The summed E-state index contributed by atoms with van der Waals surface area (Å²) < 4.78 is 5.28. The third-order valence-electron chi connectivity index (χ3n) is 3.04. The quantitative estimate of drug-likeness (QED) is 0.908. The van der Waals surface area contributed by atoms with Gasteiger partial charge in [-0.3, -0.25) is 9.69 Å². The zero-order valence-corrected chi connectivity index (χ0v) is 11.1. The predicted molar refractivity (Wildman–Crippen MR) is 70.8 cm³/mol. The number of rotatable bonds is 3. The molecular formula is C13H17ClN2O2. The van der Waals surface area contributed by atoms with Gasteiger partial charge >= 0.3 is 0 Å². The van der Waals surface area contributed by atoms with E-state index in [4.69, 9.17) is 16.3 Å². The van der Waals surface area contributed by atoms with Crippen molar-refractivity contribution in [3.05, 3.63) is 34.9 Å². The summed E-state index contributed by atoms with van der Waals surface area (Å²) in [6.45, 7) is 5.13. The zero-order chi connectivity index (χ0) is 13.0. The van der Waals surface area contributed by atoms with Crippen LogP contribution in [0.5, 0.6) is 0 Å². The van der Waals surface area contributed by atoms with Crippen LogP contribution in [-0.2, 0) is 4.74 Å². The minimum Gasteiger partial charge on any atom is -0.379 e. The normalized spacial score (nSPS) is 18.3. The molecule has 0 bridgehead atoms. The van der Waals surface area contributed by atoms with Gasteiger partial charge in [-0.25, -0.2) is 0 Å². The summed E-state index contributed by atoms with van der Waals surface area (Å²) in [4.78, 5) is 14.2. The molecule has 5 heteroatoms. The standard InChI is InChI=1S/C13H17ClN2O2/c1-10(16-6-8-18-9-7-16)15-13(17)11-2-4-12(14)5-3-11/h2-5,10H,6-9H2,1H3,(H,15,17). The van der Waals surface area contributed by atoms with Gasteiger partial charge in [-0.2, -0.15) is 0 Å². The number of benzene rings is 1. The summed E-state index contributed by atoms with van der Waals surface area (Å²) in [5.74, 6) is -0.0781. The van der Waals surface area contributed by atoms with Gasteiger partial charge < -0.3 is 10.1 Å². The summed E-state index contributed by atoms with van der Waals surface area (Å²) in [6, 6.07) is 6.89. The first-order chi connectivity index (χ1) is 8.66. The average Bonchev–Trinajstić information content (AvgIpc) is 2.40. The second kappa shape index (κ2) is 6.18. The molecule has 1 heterocycles. The van der Waals surface area contributed by atoms with Crippen molar-refractivity contribution in [1.29, 1.82) is 0 Å². The van der Waals surface area contributed by atoms with Crippen LogP contribution in [0.4, 0.5) is 0 Å². The molecule has 1 aliphatic heterocycles. The van der Waals surface area contributed by atoms with Crippen LogP contribution in [-0.4, -0.2) is 43.3 Å². The van der Waals surface area contributed by atoms with E-state index in [0.717, 1.165) is 26.3 Å². The van der Waals surface area contributed by atoms with Crippen molar-refractivity contribution in [2.45, 2.75) is 13.1 Å². The number of ether oxygens (including phenoxy) is 1. The molecule has 0 spiro atoms. The molecule has 1 aliphatic rings. The van der Waals surface area contributed by atoms with Crippen LogP contribution < -0.4 is 5.32 Å². The van der Waals surface area contributed by atoms with Gasteiger partial charge in [0.2, 0.25) is 0 Å². The Hall–Kier alpha value is -1.10. The lowest BCUT2D eigenvalue weighted by Crippen LogP contribution is -2.50. The molecule has 0 radical (unpaired) electrons. The second-order valence-electron chi connectivity index (χ2n) is 4.30. The SMILES string of the molecule is CC(NC(=O)c1ccc(Cl)cc1)N1CCOCC1. The highest BCUT2D eigenvalue weighted by Gasteiger charge is 2.18. The molecule has 0 saturated carbocycles.